The van der Waals surface area contributed by atoms with Crippen LogP contribution in [0.1, 0.15) is 37.0 Å². The van der Waals surface area contributed by atoms with Crippen molar-refractivity contribution in [2.75, 3.05) is 13.1 Å². The van der Waals surface area contributed by atoms with Gasteiger partial charge in [0.15, 0.2) is 0 Å². The van der Waals surface area contributed by atoms with Crippen molar-refractivity contribution in [3.05, 3.63) is 29.3 Å². The number of aromatic amines is 1. The van der Waals surface area contributed by atoms with Crippen molar-refractivity contribution in [3.63, 3.8) is 0 Å². The van der Waals surface area contributed by atoms with Gasteiger partial charge in [-0.1, -0.05) is 6.42 Å². The fourth-order valence-electron chi connectivity index (χ4n) is 4.21. The Bertz CT molecular complexity index is 624. The van der Waals surface area contributed by atoms with Gasteiger partial charge in [0.25, 0.3) is 0 Å². The topological polar surface area (TPSA) is 52.1 Å². The third-order valence-electron chi connectivity index (χ3n) is 5.35. The second kappa shape index (κ2) is 5.80. The third kappa shape index (κ3) is 2.62. The van der Waals surface area contributed by atoms with Crippen molar-refractivity contribution >= 4 is 11.3 Å². The van der Waals surface area contributed by atoms with Crippen molar-refractivity contribution in [2.24, 2.45) is 5.41 Å². The Balaban J connectivity index is 1.45. The summed E-state index contributed by atoms with van der Waals surface area (Å²) in [5.74, 6) is 0. The monoisotopic (exact) mass is 317 g/mol. The van der Waals surface area contributed by atoms with Crippen LogP contribution in [0.15, 0.2) is 24.4 Å². The molecule has 2 aliphatic rings. The molecule has 1 aliphatic heterocycles. The Morgan fingerprint density at radius 2 is 2.23 bits per heavy atom. The van der Waals surface area contributed by atoms with Gasteiger partial charge in [-0.2, -0.15) is 5.10 Å². The predicted molar refractivity (Wildman–Crippen MR) is 88.7 cm³/mol. The number of nitrogens with zero attached hydrogens (tertiary/aromatic N) is 2. The zero-order valence-electron chi connectivity index (χ0n) is 12.8. The van der Waals surface area contributed by atoms with Crippen molar-refractivity contribution in [3.8, 4) is 10.6 Å². The maximum Gasteiger partial charge on any atom is 0.0749 e. The first kappa shape index (κ1) is 14.4. The van der Waals surface area contributed by atoms with Crippen LogP contribution < -0.4 is 0 Å². The average Bonchev–Trinajstić information content (AvgIpc) is 3.22. The van der Waals surface area contributed by atoms with Gasteiger partial charge in [0, 0.05) is 29.6 Å². The molecule has 2 fully saturated rings. The summed E-state index contributed by atoms with van der Waals surface area (Å²) < 4.78 is 0. The molecule has 1 saturated heterocycles. The molecule has 5 heteroatoms. The van der Waals surface area contributed by atoms with Gasteiger partial charge in [-0.05, 0) is 50.4 Å². The SMILES string of the molecule is O[C@@H]1CCC[C@@]12CCCN(Cc1ccc(-c3ccn[nH]3)s1)C2. The third-order valence-corrected chi connectivity index (χ3v) is 6.46. The standard InChI is InChI=1S/C17H23N3OS/c21-16-3-1-7-17(16)8-2-10-20(12-17)11-13-4-5-15(22-13)14-6-9-18-19-14/h4-6,9,16,21H,1-3,7-8,10-12H2,(H,18,19)/t16-,17+/m1/s1. The minimum atomic E-state index is -0.0841. The number of rotatable bonds is 3. The van der Waals surface area contributed by atoms with E-state index in [1.165, 1.54) is 35.4 Å². The Kier molecular flexibility index (Phi) is 3.80. The number of hydrogen-bond donors (Lipinski definition) is 2. The lowest BCUT2D eigenvalue weighted by atomic mass is 9.77. The molecule has 4 nitrogen and oxygen atoms in total. The second-order valence-corrected chi connectivity index (χ2v) is 7.99. The highest BCUT2D eigenvalue weighted by Crippen LogP contribution is 2.45. The van der Waals surface area contributed by atoms with Crippen LogP contribution in [0.4, 0.5) is 0 Å². The molecule has 0 aromatic carbocycles. The number of thiophene rings is 1. The maximum absolute atomic E-state index is 10.4. The summed E-state index contributed by atoms with van der Waals surface area (Å²) in [5.41, 5.74) is 1.28. The number of aliphatic hydroxyl groups excluding tert-OH is 1. The van der Waals surface area contributed by atoms with Gasteiger partial charge in [0.1, 0.15) is 0 Å². The molecule has 2 aromatic rings. The van der Waals surface area contributed by atoms with E-state index in [9.17, 15) is 5.11 Å². The molecule has 0 unspecified atom stereocenters. The normalized spacial score (nSPS) is 29.4. The summed E-state index contributed by atoms with van der Waals surface area (Å²) in [5, 5.41) is 17.4. The highest BCUT2D eigenvalue weighted by Gasteiger charge is 2.44. The molecule has 2 atom stereocenters. The van der Waals surface area contributed by atoms with Gasteiger partial charge in [-0.3, -0.25) is 10.00 Å². The van der Waals surface area contributed by atoms with Gasteiger partial charge >= 0.3 is 0 Å². The molecule has 1 aliphatic carbocycles. The van der Waals surface area contributed by atoms with Crippen LogP contribution in [0.2, 0.25) is 0 Å². The molecule has 1 saturated carbocycles. The van der Waals surface area contributed by atoms with E-state index in [0.717, 1.165) is 31.7 Å². The molecule has 0 amide bonds. The van der Waals surface area contributed by atoms with E-state index in [4.69, 9.17) is 0 Å². The molecule has 22 heavy (non-hydrogen) atoms. The zero-order valence-corrected chi connectivity index (χ0v) is 13.6. The van der Waals surface area contributed by atoms with Crippen LogP contribution in [-0.2, 0) is 6.54 Å². The van der Waals surface area contributed by atoms with Crippen LogP contribution in [0.3, 0.4) is 0 Å². The fraction of sp³-hybridized carbons (Fsp3) is 0.588. The van der Waals surface area contributed by atoms with Crippen molar-refractivity contribution in [2.45, 2.75) is 44.8 Å². The summed E-state index contributed by atoms with van der Waals surface area (Å²) in [6.45, 7) is 3.23. The number of piperidine rings is 1. The quantitative estimate of drug-likeness (QED) is 0.913. The zero-order chi connectivity index (χ0) is 15.0. The summed E-state index contributed by atoms with van der Waals surface area (Å²) in [4.78, 5) is 5.19. The molecule has 3 heterocycles. The smallest absolute Gasteiger partial charge is 0.0749 e. The first-order valence-electron chi connectivity index (χ1n) is 8.24. The molecular weight excluding hydrogens is 294 g/mol. The molecule has 4 rings (SSSR count). The van der Waals surface area contributed by atoms with Gasteiger partial charge in [-0.25, -0.2) is 0 Å². The first-order chi connectivity index (χ1) is 10.8. The number of aliphatic hydroxyl groups is 1. The van der Waals surface area contributed by atoms with E-state index in [1.54, 1.807) is 6.20 Å². The lowest BCUT2D eigenvalue weighted by Gasteiger charge is -2.42. The van der Waals surface area contributed by atoms with Gasteiger partial charge < -0.3 is 5.11 Å². The molecule has 0 radical (unpaired) electrons. The minimum absolute atomic E-state index is 0.0841. The molecule has 1 spiro atoms. The largest absolute Gasteiger partial charge is 0.393 e. The average molecular weight is 317 g/mol. The van der Waals surface area contributed by atoms with Gasteiger partial charge in [-0.15, -0.1) is 11.3 Å². The highest BCUT2D eigenvalue weighted by molar-refractivity contribution is 7.15. The predicted octanol–water partition coefficient (Wildman–Crippen LogP) is 3.27. The molecule has 0 bridgehead atoms. The molecular formula is C17H23N3OS. The number of likely N-dealkylation sites (tertiary alicyclic amines) is 1. The van der Waals surface area contributed by atoms with E-state index >= 15 is 0 Å². The minimum Gasteiger partial charge on any atom is -0.393 e. The second-order valence-electron chi connectivity index (χ2n) is 6.82. The molecule has 2 aromatic heterocycles. The van der Waals surface area contributed by atoms with Gasteiger partial charge in [0.05, 0.1) is 16.7 Å². The lowest BCUT2D eigenvalue weighted by molar-refractivity contribution is -0.0117. The van der Waals surface area contributed by atoms with E-state index in [0.29, 0.717) is 0 Å². The van der Waals surface area contributed by atoms with E-state index < -0.39 is 0 Å². The van der Waals surface area contributed by atoms with Crippen molar-refractivity contribution in [1.82, 2.24) is 15.1 Å². The Labute approximate surface area is 135 Å². The first-order valence-corrected chi connectivity index (χ1v) is 9.06. The van der Waals surface area contributed by atoms with Gasteiger partial charge in [0.2, 0.25) is 0 Å². The number of nitrogens with one attached hydrogen (secondary N) is 1. The highest BCUT2D eigenvalue weighted by atomic mass is 32.1. The van der Waals surface area contributed by atoms with Crippen LogP contribution in [0, 0.1) is 5.41 Å². The van der Waals surface area contributed by atoms with E-state index in [-0.39, 0.29) is 11.5 Å². The fourth-order valence-corrected chi connectivity index (χ4v) is 5.24. The number of H-pyrrole nitrogens is 1. The summed E-state index contributed by atoms with van der Waals surface area (Å²) in [7, 11) is 0. The maximum atomic E-state index is 10.4. The Morgan fingerprint density at radius 1 is 1.32 bits per heavy atom. The Morgan fingerprint density at radius 3 is 3.00 bits per heavy atom. The van der Waals surface area contributed by atoms with Crippen molar-refractivity contribution < 1.29 is 5.11 Å². The van der Waals surface area contributed by atoms with E-state index in [1.807, 2.05) is 17.4 Å². The van der Waals surface area contributed by atoms with Crippen LogP contribution in [0.5, 0.6) is 0 Å². The van der Waals surface area contributed by atoms with Crippen molar-refractivity contribution in [1.29, 1.82) is 0 Å². The molecule has 118 valence electrons. The summed E-state index contributed by atoms with van der Waals surface area (Å²) >= 11 is 1.84. The van der Waals surface area contributed by atoms with E-state index in [2.05, 4.69) is 27.2 Å². The summed E-state index contributed by atoms with van der Waals surface area (Å²) in [6, 6.07) is 6.42. The van der Waals surface area contributed by atoms with Crippen LogP contribution in [0.25, 0.3) is 10.6 Å². The number of aromatic nitrogens is 2. The van der Waals surface area contributed by atoms with Crippen LogP contribution in [-0.4, -0.2) is 39.4 Å². The Hall–Kier alpha value is -1.17. The number of hydrogen-bond acceptors (Lipinski definition) is 4. The lowest BCUT2D eigenvalue weighted by Crippen LogP contribution is -2.46. The van der Waals surface area contributed by atoms with Crippen LogP contribution >= 0.6 is 11.3 Å². The molecule has 2 N–H and O–H groups in total. The summed E-state index contributed by atoms with van der Waals surface area (Å²) in [6.07, 6.45) is 7.53.